The number of phenols is 1. The Kier molecular flexibility index (Phi) is 4.72. The van der Waals surface area contributed by atoms with Crippen molar-refractivity contribution in [3.8, 4) is 5.75 Å². The quantitative estimate of drug-likeness (QED) is 0.385. The van der Waals surface area contributed by atoms with Gasteiger partial charge in [0.2, 0.25) is 0 Å². The van der Waals surface area contributed by atoms with Gasteiger partial charge in [0.05, 0.1) is 11.0 Å². The van der Waals surface area contributed by atoms with Crippen LogP contribution >= 0.6 is 0 Å². The highest BCUT2D eigenvalue weighted by atomic mass is 16.3. The summed E-state index contributed by atoms with van der Waals surface area (Å²) < 4.78 is 0. The first-order chi connectivity index (χ1) is 13.9. The molecule has 0 radical (unpaired) electrons. The maximum absolute atomic E-state index is 13.4. The number of phenolic OH excluding ortho intramolecular Hbond substituents is 1. The number of imidazole rings is 1. The number of carbonyl (C=O) groups is 2. The predicted molar refractivity (Wildman–Crippen MR) is 112 cm³/mol. The molecule has 0 atom stereocenters. The number of benzene rings is 3. The number of rotatable bonds is 5. The summed E-state index contributed by atoms with van der Waals surface area (Å²) in [6, 6.07) is 19.1. The van der Waals surface area contributed by atoms with Crippen LogP contribution in [0.5, 0.6) is 5.75 Å². The summed E-state index contributed by atoms with van der Waals surface area (Å²) in [5.74, 6) is -1.39. The molecule has 0 amide bonds. The van der Waals surface area contributed by atoms with E-state index in [0.717, 1.165) is 11.1 Å². The molecule has 0 bridgehead atoms. The van der Waals surface area contributed by atoms with Crippen molar-refractivity contribution in [3.63, 3.8) is 0 Å². The van der Waals surface area contributed by atoms with E-state index in [9.17, 15) is 14.7 Å². The van der Waals surface area contributed by atoms with E-state index in [1.165, 1.54) is 12.1 Å². The van der Waals surface area contributed by atoms with Gasteiger partial charge in [-0.25, -0.2) is 4.98 Å². The molecule has 1 heterocycles. The number of aromatic amines is 1. The van der Waals surface area contributed by atoms with Crippen molar-refractivity contribution in [2.45, 2.75) is 19.8 Å². The van der Waals surface area contributed by atoms with E-state index in [0.29, 0.717) is 22.2 Å². The van der Waals surface area contributed by atoms with Gasteiger partial charge in [0.1, 0.15) is 17.5 Å². The number of H-pyrrole nitrogens is 1. The topological polar surface area (TPSA) is 83.1 Å². The van der Waals surface area contributed by atoms with Crippen molar-refractivity contribution in [3.05, 3.63) is 94.8 Å². The average molecular weight is 384 g/mol. The molecule has 144 valence electrons. The zero-order valence-corrected chi connectivity index (χ0v) is 16.1. The Balaban J connectivity index is 1.85. The molecule has 4 aromatic rings. The number of hydrogen-bond donors (Lipinski definition) is 2. The lowest BCUT2D eigenvalue weighted by atomic mass is 9.88. The van der Waals surface area contributed by atoms with Crippen molar-refractivity contribution in [1.82, 2.24) is 9.97 Å². The molecule has 0 aliphatic heterocycles. The van der Waals surface area contributed by atoms with Crippen LogP contribution in [0.1, 0.15) is 43.6 Å². The van der Waals surface area contributed by atoms with Crippen LogP contribution in [0, 0.1) is 13.8 Å². The maximum Gasteiger partial charge on any atom is 0.181 e. The molecule has 0 saturated carbocycles. The third-order valence-electron chi connectivity index (χ3n) is 4.89. The first-order valence-electron chi connectivity index (χ1n) is 9.33. The fourth-order valence-corrected chi connectivity index (χ4v) is 3.45. The summed E-state index contributed by atoms with van der Waals surface area (Å²) in [4.78, 5) is 34.4. The van der Waals surface area contributed by atoms with E-state index in [2.05, 4.69) is 9.97 Å². The number of nitrogens with one attached hydrogen (secondary N) is 1. The number of carbonyl (C=O) groups excluding carboxylic acids is 2. The Morgan fingerprint density at radius 2 is 1.45 bits per heavy atom. The molecule has 5 nitrogen and oxygen atoms in total. The Labute approximate surface area is 168 Å². The molecule has 4 rings (SSSR count). The van der Waals surface area contributed by atoms with E-state index in [-0.39, 0.29) is 23.1 Å². The molecular formula is C24H20N2O3. The van der Waals surface area contributed by atoms with Gasteiger partial charge in [-0.3, -0.25) is 9.59 Å². The van der Waals surface area contributed by atoms with Crippen LogP contribution in [0.15, 0.2) is 66.7 Å². The minimum absolute atomic E-state index is 0.0827. The summed E-state index contributed by atoms with van der Waals surface area (Å²) in [7, 11) is 0. The molecule has 29 heavy (non-hydrogen) atoms. The molecule has 1 aromatic heterocycles. The summed E-state index contributed by atoms with van der Waals surface area (Å²) in [6.45, 7) is 3.80. The molecule has 0 unspecified atom stereocenters. The van der Waals surface area contributed by atoms with Crippen molar-refractivity contribution >= 4 is 22.6 Å². The number of fused-ring (bicyclic) bond motifs is 1. The van der Waals surface area contributed by atoms with Gasteiger partial charge in [-0.15, -0.1) is 0 Å². The second kappa shape index (κ2) is 7.36. The van der Waals surface area contributed by atoms with Crippen molar-refractivity contribution < 1.29 is 14.7 Å². The van der Waals surface area contributed by atoms with Crippen LogP contribution in [-0.4, -0.2) is 26.6 Å². The molecule has 0 saturated heterocycles. The van der Waals surface area contributed by atoms with E-state index < -0.39 is 5.92 Å². The molecule has 0 spiro atoms. The second-order valence-corrected chi connectivity index (χ2v) is 7.22. The average Bonchev–Trinajstić information content (AvgIpc) is 3.10. The zero-order chi connectivity index (χ0) is 20.5. The summed E-state index contributed by atoms with van der Waals surface area (Å²) >= 11 is 0. The zero-order valence-electron chi connectivity index (χ0n) is 16.1. The number of hydrogen-bond acceptors (Lipinski definition) is 4. The number of nitrogens with zero attached hydrogens (tertiary/aromatic N) is 1. The number of Topliss-reactive ketones (excluding diaryl/α,β-unsaturated/α-hetero) is 2. The monoisotopic (exact) mass is 384 g/mol. The molecule has 0 fully saturated rings. The Morgan fingerprint density at radius 3 is 2.00 bits per heavy atom. The van der Waals surface area contributed by atoms with Crippen LogP contribution in [0.4, 0.5) is 0 Å². The SMILES string of the molecule is Cc1cccc(C(=O)C(C(=O)c2cccc(C)c2)c2nc3ccc(O)cc3[nH]2)c1. The highest BCUT2D eigenvalue weighted by Crippen LogP contribution is 2.27. The van der Waals surface area contributed by atoms with Gasteiger partial charge in [-0.2, -0.15) is 0 Å². The van der Waals surface area contributed by atoms with Gasteiger partial charge < -0.3 is 10.1 Å². The molecule has 0 aliphatic rings. The lowest BCUT2D eigenvalue weighted by molar-refractivity contribution is 0.0856. The predicted octanol–water partition coefficient (Wildman–Crippen LogP) is 4.73. The van der Waals surface area contributed by atoms with Gasteiger partial charge in [0.25, 0.3) is 0 Å². The van der Waals surface area contributed by atoms with Crippen LogP contribution in [0.25, 0.3) is 11.0 Å². The number of aryl methyl sites for hydroxylation is 2. The van der Waals surface area contributed by atoms with Gasteiger partial charge >= 0.3 is 0 Å². The fraction of sp³-hybridized carbons (Fsp3) is 0.125. The largest absolute Gasteiger partial charge is 0.508 e. The second-order valence-electron chi connectivity index (χ2n) is 7.22. The number of aromatic nitrogens is 2. The van der Waals surface area contributed by atoms with Crippen LogP contribution < -0.4 is 0 Å². The molecular weight excluding hydrogens is 364 g/mol. The summed E-state index contributed by atoms with van der Waals surface area (Å²) in [5.41, 5.74) is 3.94. The minimum atomic E-state index is -1.10. The van der Waals surface area contributed by atoms with E-state index in [1.807, 2.05) is 26.0 Å². The fourth-order valence-electron chi connectivity index (χ4n) is 3.45. The third kappa shape index (κ3) is 3.67. The lowest BCUT2D eigenvalue weighted by Crippen LogP contribution is -2.24. The normalized spacial score (nSPS) is 11.1. The molecule has 0 aliphatic carbocycles. The molecule has 2 N–H and O–H groups in total. The van der Waals surface area contributed by atoms with Crippen molar-refractivity contribution in [2.24, 2.45) is 0 Å². The van der Waals surface area contributed by atoms with Crippen LogP contribution in [0.3, 0.4) is 0 Å². The smallest absolute Gasteiger partial charge is 0.181 e. The van der Waals surface area contributed by atoms with Gasteiger partial charge in [0.15, 0.2) is 11.6 Å². The first kappa shape index (κ1) is 18.6. The molecule has 3 aromatic carbocycles. The Morgan fingerprint density at radius 1 is 0.862 bits per heavy atom. The minimum Gasteiger partial charge on any atom is -0.508 e. The van der Waals surface area contributed by atoms with Crippen LogP contribution in [0.2, 0.25) is 0 Å². The summed E-state index contributed by atoms with van der Waals surface area (Å²) in [5, 5.41) is 9.73. The number of aromatic hydroxyl groups is 1. The van der Waals surface area contributed by atoms with Gasteiger partial charge in [-0.05, 0) is 38.1 Å². The van der Waals surface area contributed by atoms with Crippen LogP contribution in [-0.2, 0) is 0 Å². The highest BCUT2D eigenvalue weighted by molar-refractivity contribution is 6.19. The van der Waals surface area contributed by atoms with Gasteiger partial charge in [0, 0.05) is 17.2 Å². The number of ketones is 2. The third-order valence-corrected chi connectivity index (χ3v) is 4.89. The van der Waals surface area contributed by atoms with E-state index >= 15 is 0 Å². The van der Waals surface area contributed by atoms with Crippen molar-refractivity contribution in [2.75, 3.05) is 0 Å². The Hall–Kier alpha value is -3.73. The summed E-state index contributed by atoms with van der Waals surface area (Å²) in [6.07, 6.45) is 0. The van der Waals surface area contributed by atoms with Gasteiger partial charge in [-0.1, -0.05) is 47.5 Å². The first-order valence-corrected chi connectivity index (χ1v) is 9.33. The van der Waals surface area contributed by atoms with E-state index in [4.69, 9.17) is 0 Å². The lowest BCUT2D eigenvalue weighted by Gasteiger charge is -2.14. The van der Waals surface area contributed by atoms with E-state index in [1.54, 1.807) is 42.5 Å². The highest BCUT2D eigenvalue weighted by Gasteiger charge is 2.33. The molecule has 5 heteroatoms. The Bertz CT molecular complexity index is 1180. The standard InChI is InChI=1S/C24H20N2O3/c1-14-5-3-7-16(11-14)22(28)21(23(29)17-8-4-6-15(2)12-17)24-25-19-10-9-18(27)13-20(19)26-24/h3-13,21,27H,1-2H3,(H,25,26). The maximum atomic E-state index is 13.4. The van der Waals surface area contributed by atoms with Crippen molar-refractivity contribution in [1.29, 1.82) is 0 Å².